The molecule has 0 amide bonds. The third kappa shape index (κ3) is 16.2. The molecule has 0 spiro atoms. The third-order valence-electron chi connectivity index (χ3n) is 9.14. The molecule has 0 aromatic rings. The van der Waals surface area contributed by atoms with Crippen molar-refractivity contribution in [3.63, 3.8) is 0 Å². The summed E-state index contributed by atoms with van der Waals surface area (Å²) >= 11 is 0. The Morgan fingerprint density at radius 1 is 0.738 bits per heavy atom. The van der Waals surface area contributed by atoms with E-state index in [1.54, 1.807) is 6.08 Å². The molecule has 7 heteroatoms. The second-order valence-electron chi connectivity index (χ2n) is 13.1. The Morgan fingerprint density at radius 2 is 1.31 bits per heavy atom. The number of cyclic esters (lactones) is 1. The van der Waals surface area contributed by atoms with Crippen molar-refractivity contribution in [1.82, 2.24) is 0 Å². The molecular weight excluding hydrogens is 532 g/mol. The minimum atomic E-state index is -0.793. The molecule has 0 bridgehead atoms. The molecule has 1 unspecified atom stereocenters. The van der Waals surface area contributed by atoms with Gasteiger partial charge in [0.2, 0.25) is 0 Å². The summed E-state index contributed by atoms with van der Waals surface area (Å²) in [5.41, 5.74) is 0.584. The molecule has 2 heterocycles. The topological polar surface area (TPSA) is 116 Å². The van der Waals surface area contributed by atoms with Crippen molar-refractivity contribution in [1.29, 1.82) is 0 Å². The average Bonchev–Trinajstić information content (AvgIpc) is 3.57. The maximum atomic E-state index is 11.7. The smallest absolute Gasteiger partial charge is 0.334 e. The van der Waals surface area contributed by atoms with E-state index >= 15 is 0 Å². The van der Waals surface area contributed by atoms with Crippen LogP contribution < -0.4 is 0 Å². The van der Waals surface area contributed by atoms with Crippen LogP contribution in [0.15, 0.2) is 11.6 Å². The van der Waals surface area contributed by atoms with Crippen molar-refractivity contribution in [2.24, 2.45) is 0 Å². The summed E-state index contributed by atoms with van der Waals surface area (Å²) in [6.07, 6.45) is 22.3. The molecule has 2 aliphatic heterocycles. The number of esters is 1. The molecular formula is C35H64O7. The van der Waals surface area contributed by atoms with Crippen molar-refractivity contribution >= 4 is 5.97 Å². The molecule has 42 heavy (non-hydrogen) atoms. The van der Waals surface area contributed by atoms with Crippen LogP contribution in [0.1, 0.15) is 162 Å². The van der Waals surface area contributed by atoms with Gasteiger partial charge in [0.05, 0.1) is 36.6 Å². The highest BCUT2D eigenvalue weighted by atomic mass is 16.5. The van der Waals surface area contributed by atoms with Crippen LogP contribution >= 0.6 is 0 Å². The van der Waals surface area contributed by atoms with Crippen LogP contribution in [0.25, 0.3) is 0 Å². The lowest BCUT2D eigenvalue weighted by atomic mass is 9.97. The molecule has 7 nitrogen and oxygen atoms in total. The summed E-state index contributed by atoms with van der Waals surface area (Å²) in [6.45, 7) is 4.08. The SMILES string of the molecule is CCCCCCCCCCCCCC[C@@H](O)[C@H](O)CCC(O)[C@H]1CC[C@H](CCCCC[C@@H](O)CC2=C[C@H](C)OC2=O)O1. The molecule has 0 aromatic heterocycles. The van der Waals surface area contributed by atoms with Crippen molar-refractivity contribution in [2.75, 3.05) is 0 Å². The quantitative estimate of drug-likeness (QED) is 0.0624. The first-order chi connectivity index (χ1) is 20.3. The fourth-order valence-corrected chi connectivity index (χ4v) is 6.40. The van der Waals surface area contributed by atoms with E-state index in [1.165, 1.54) is 64.2 Å². The van der Waals surface area contributed by atoms with Gasteiger partial charge in [0.15, 0.2) is 0 Å². The van der Waals surface area contributed by atoms with Crippen molar-refractivity contribution < 1.29 is 34.7 Å². The summed E-state index contributed by atoms with van der Waals surface area (Å²) in [5.74, 6) is -0.308. The standard InChI is InChI=1S/C35H64O7/c1-3-4-5-6-7-8-9-10-11-12-13-17-20-31(37)32(38)22-23-33(39)34-24-21-30(42-34)19-16-14-15-18-29(36)26-28-25-27(2)41-35(28)40/h25,27,29-34,36-39H,3-24,26H2,1-2H3/t27-,29+,30-,31+,32+,33?,34+/m0/s1. The predicted octanol–water partition coefficient (Wildman–Crippen LogP) is 7.06. The van der Waals surface area contributed by atoms with Gasteiger partial charge in [-0.15, -0.1) is 0 Å². The summed E-state index contributed by atoms with van der Waals surface area (Å²) in [5, 5.41) is 41.6. The number of hydrogen-bond donors (Lipinski definition) is 4. The monoisotopic (exact) mass is 596 g/mol. The Labute approximate surface area is 256 Å². The van der Waals surface area contributed by atoms with Gasteiger partial charge in [-0.2, -0.15) is 0 Å². The van der Waals surface area contributed by atoms with Gasteiger partial charge in [-0.1, -0.05) is 103 Å². The number of aliphatic hydroxyl groups is 4. The number of hydrogen-bond acceptors (Lipinski definition) is 7. The molecule has 7 atom stereocenters. The van der Waals surface area contributed by atoms with Crippen LogP contribution in [0.3, 0.4) is 0 Å². The van der Waals surface area contributed by atoms with E-state index in [-0.39, 0.29) is 24.3 Å². The van der Waals surface area contributed by atoms with Crippen LogP contribution in [-0.2, 0) is 14.3 Å². The van der Waals surface area contributed by atoms with Crippen molar-refractivity contribution in [3.05, 3.63) is 11.6 Å². The lowest BCUT2D eigenvalue weighted by Crippen LogP contribution is -2.31. The van der Waals surface area contributed by atoms with Gasteiger partial charge < -0.3 is 29.9 Å². The number of carbonyl (C=O) groups excluding carboxylic acids is 1. The Bertz CT molecular complexity index is 726. The summed E-state index contributed by atoms with van der Waals surface area (Å²) in [4.78, 5) is 11.7. The van der Waals surface area contributed by atoms with Crippen LogP contribution in [0.2, 0.25) is 0 Å². The summed E-state index contributed by atoms with van der Waals surface area (Å²) < 4.78 is 11.2. The second-order valence-corrected chi connectivity index (χ2v) is 13.1. The molecule has 4 N–H and O–H groups in total. The number of ether oxygens (including phenoxy) is 2. The van der Waals surface area contributed by atoms with E-state index in [1.807, 2.05) is 6.92 Å². The number of carbonyl (C=O) groups is 1. The Balaban J connectivity index is 1.43. The van der Waals surface area contributed by atoms with Gasteiger partial charge in [-0.25, -0.2) is 4.79 Å². The Kier molecular flexibility index (Phi) is 19.9. The fourth-order valence-electron chi connectivity index (χ4n) is 6.40. The summed E-state index contributed by atoms with van der Waals surface area (Å²) in [7, 11) is 0. The molecule has 0 aliphatic carbocycles. The van der Waals surface area contributed by atoms with E-state index in [9.17, 15) is 25.2 Å². The minimum Gasteiger partial charge on any atom is -0.455 e. The normalized spacial score (nSPS) is 23.5. The molecule has 1 saturated heterocycles. The molecule has 0 saturated carbocycles. The van der Waals surface area contributed by atoms with Gasteiger partial charge in [0.25, 0.3) is 0 Å². The predicted molar refractivity (Wildman–Crippen MR) is 168 cm³/mol. The van der Waals surface area contributed by atoms with Crippen molar-refractivity contribution in [3.8, 4) is 0 Å². The minimum absolute atomic E-state index is 0.149. The van der Waals surface area contributed by atoms with Crippen LogP contribution in [0, 0.1) is 0 Å². The molecule has 0 aromatic carbocycles. The summed E-state index contributed by atoms with van der Waals surface area (Å²) in [6, 6.07) is 0. The number of unbranched alkanes of at least 4 members (excludes halogenated alkanes) is 13. The van der Waals surface area contributed by atoms with Crippen LogP contribution in [0.4, 0.5) is 0 Å². The van der Waals surface area contributed by atoms with Gasteiger partial charge in [0.1, 0.15) is 6.10 Å². The van der Waals surface area contributed by atoms with Crippen LogP contribution in [0.5, 0.6) is 0 Å². The largest absolute Gasteiger partial charge is 0.455 e. The highest BCUT2D eigenvalue weighted by Crippen LogP contribution is 2.28. The van der Waals surface area contributed by atoms with E-state index in [2.05, 4.69) is 6.92 Å². The Morgan fingerprint density at radius 3 is 1.93 bits per heavy atom. The van der Waals surface area contributed by atoms with Gasteiger partial charge in [0, 0.05) is 12.0 Å². The molecule has 1 fully saturated rings. The first kappa shape index (κ1) is 37.2. The molecule has 246 valence electrons. The average molecular weight is 597 g/mol. The zero-order valence-electron chi connectivity index (χ0n) is 26.9. The zero-order chi connectivity index (χ0) is 30.6. The third-order valence-corrected chi connectivity index (χ3v) is 9.14. The van der Waals surface area contributed by atoms with Gasteiger partial charge in [-0.3, -0.25) is 0 Å². The van der Waals surface area contributed by atoms with Gasteiger partial charge >= 0.3 is 5.97 Å². The maximum absolute atomic E-state index is 11.7. The van der Waals surface area contributed by atoms with E-state index in [0.717, 1.165) is 51.4 Å². The number of rotatable bonds is 26. The van der Waals surface area contributed by atoms with Gasteiger partial charge in [-0.05, 0) is 57.9 Å². The first-order valence-corrected chi connectivity index (χ1v) is 17.6. The lowest BCUT2D eigenvalue weighted by molar-refractivity contribution is -0.139. The Hall–Kier alpha value is -0.990. The molecule has 0 radical (unpaired) electrons. The molecule has 2 aliphatic rings. The van der Waals surface area contributed by atoms with E-state index in [0.29, 0.717) is 37.7 Å². The first-order valence-electron chi connectivity index (χ1n) is 17.6. The second kappa shape index (κ2) is 22.5. The number of aliphatic hydroxyl groups excluding tert-OH is 4. The highest BCUT2D eigenvalue weighted by molar-refractivity contribution is 5.90. The highest BCUT2D eigenvalue weighted by Gasteiger charge is 2.31. The van der Waals surface area contributed by atoms with E-state index in [4.69, 9.17) is 9.47 Å². The maximum Gasteiger partial charge on any atom is 0.334 e. The molecule has 2 rings (SSSR count). The van der Waals surface area contributed by atoms with E-state index < -0.39 is 24.4 Å². The fraction of sp³-hybridized carbons (Fsp3) is 0.914. The zero-order valence-corrected chi connectivity index (χ0v) is 26.9. The lowest BCUT2D eigenvalue weighted by Gasteiger charge is -2.22. The van der Waals surface area contributed by atoms with Crippen molar-refractivity contribution in [2.45, 2.75) is 204 Å². The van der Waals surface area contributed by atoms with Crippen LogP contribution in [-0.4, -0.2) is 69.1 Å².